The molecular weight excluding hydrogens is 226 g/mol. The highest BCUT2D eigenvalue weighted by Crippen LogP contribution is 2.33. The van der Waals surface area contributed by atoms with Gasteiger partial charge in [-0.2, -0.15) is 0 Å². The van der Waals surface area contributed by atoms with Crippen molar-refractivity contribution in [3.8, 4) is 0 Å². The van der Waals surface area contributed by atoms with Crippen molar-refractivity contribution < 1.29 is 0 Å². The third kappa shape index (κ3) is 2.12. The van der Waals surface area contributed by atoms with Crippen molar-refractivity contribution in [2.45, 2.75) is 32.7 Å². The second-order valence-corrected chi connectivity index (χ2v) is 5.02. The predicted octanol–water partition coefficient (Wildman–Crippen LogP) is 2.37. The first-order chi connectivity index (χ1) is 8.78. The van der Waals surface area contributed by atoms with E-state index in [0.29, 0.717) is 6.04 Å². The standard InChI is InChI=1S/C13H19N5/c1-3-4-14-11-8-18-6-5-15-13(18)12(17-11)16-10-7-9(10)2/h5-6,8-10,14H,3-4,7H2,1-2H3,(H,16,17). The van der Waals surface area contributed by atoms with Gasteiger partial charge < -0.3 is 15.0 Å². The molecule has 2 aromatic heterocycles. The average molecular weight is 245 g/mol. The number of hydrogen-bond acceptors (Lipinski definition) is 4. The summed E-state index contributed by atoms with van der Waals surface area (Å²) < 4.78 is 2.01. The van der Waals surface area contributed by atoms with E-state index in [1.807, 2.05) is 23.0 Å². The maximum absolute atomic E-state index is 4.62. The van der Waals surface area contributed by atoms with Gasteiger partial charge in [0.05, 0.1) is 6.20 Å². The summed E-state index contributed by atoms with van der Waals surface area (Å²) in [6, 6.07) is 0.555. The zero-order valence-corrected chi connectivity index (χ0v) is 10.8. The summed E-state index contributed by atoms with van der Waals surface area (Å²) in [4.78, 5) is 8.98. The number of anilines is 2. The number of nitrogens with zero attached hydrogens (tertiary/aromatic N) is 3. The van der Waals surface area contributed by atoms with Crippen LogP contribution in [0.25, 0.3) is 5.65 Å². The van der Waals surface area contributed by atoms with Gasteiger partial charge >= 0.3 is 0 Å². The number of rotatable bonds is 5. The molecule has 5 nitrogen and oxygen atoms in total. The fourth-order valence-electron chi connectivity index (χ4n) is 2.07. The quantitative estimate of drug-likeness (QED) is 0.849. The van der Waals surface area contributed by atoms with E-state index in [-0.39, 0.29) is 0 Å². The zero-order valence-electron chi connectivity index (χ0n) is 10.8. The molecule has 0 saturated heterocycles. The van der Waals surface area contributed by atoms with Gasteiger partial charge in [-0.25, -0.2) is 9.97 Å². The first-order valence-electron chi connectivity index (χ1n) is 6.62. The van der Waals surface area contributed by atoms with Gasteiger partial charge in [0, 0.05) is 25.0 Å². The van der Waals surface area contributed by atoms with E-state index in [2.05, 4.69) is 34.4 Å². The van der Waals surface area contributed by atoms with Crippen molar-refractivity contribution in [1.29, 1.82) is 0 Å². The molecule has 0 bridgehead atoms. The molecule has 0 aromatic carbocycles. The van der Waals surface area contributed by atoms with Crippen molar-refractivity contribution in [3.63, 3.8) is 0 Å². The predicted molar refractivity (Wildman–Crippen MR) is 73.0 cm³/mol. The average Bonchev–Trinajstić information content (AvgIpc) is 2.88. The Morgan fingerprint density at radius 2 is 2.33 bits per heavy atom. The Morgan fingerprint density at radius 3 is 3.06 bits per heavy atom. The molecule has 0 amide bonds. The van der Waals surface area contributed by atoms with Crippen LogP contribution in [0, 0.1) is 5.92 Å². The van der Waals surface area contributed by atoms with Crippen molar-refractivity contribution in [1.82, 2.24) is 14.4 Å². The fraction of sp³-hybridized carbons (Fsp3) is 0.538. The van der Waals surface area contributed by atoms with Crippen LogP contribution in [0.2, 0.25) is 0 Å². The van der Waals surface area contributed by atoms with Gasteiger partial charge in [0.25, 0.3) is 0 Å². The number of imidazole rings is 1. The van der Waals surface area contributed by atoms with Gasteiger partial charge in [0.2, 0.25) is 0 Å². The van der Waals surface area contributed by atoms with Crippen LogP contribution in [0.4, 0.5) is 11.6 Å². The van der Waals surface area contributed by atoms with Crippen molar-refractivity contribution in [2.24, 2.45) is 5.92 Å². The van der Waals surface area contributed by atoms with Gasteiger partial charge in [-0.3, -0.25) is 0 Å². The van der Waals surface area contributed by atoms with Crippen LogP contribution in [0.15, 0.2) is 18.6 Å². The van der Waals surface area contributed by atoms with Crippen LogP contribution in [-0.4, -0.2) is 27.0 Å². The lowest BCUT2D eigenvalue weighted by atomic mass is 10.4. The fourth-order valence-corrected chi connectivity index (χ4v) is 2.07. The molecule has 2 N–H and O–H groups in total. The van der Waals surface area contributed by atoms with E-state index in [1.165, 1.54) is 6.42 Å². The van der Waals surface area contributed by atoms with E-state index in [0.717, 1.165) is 36.2 Å². The third-order valence-electron chi connectivity index (χ3n) is 3.36. The highest BCUT2D eigenvalue weighted by Gasteiger charge is 2.33. The largest absolute Gasteiger partial charge is 0.369 e. The molecule has 2 aromatic rings. The molecule has 0 aliphatic heterocycles. The van der Waals surface area contributed by atoms with Crippen LogP contribution in [0.3, 0.4) is 0 Å². The van der Waals surface area contributed by atoms with Gasteiger partial charge in [-0.05, 0) is 18.8 Å². The first kappa shape index (κ1) is 11.3. The summed E-state index contributed by atoms with van der Waals surface area (Å²) in [5, 5.41) is 6.80. The van der Waals surface area contributed by atoms with Gasteiger partial charge in [-0.15, -0.1) is 0 Å². The number of nitrogens with one attached hydrogen (secondary N) is 2. The van der Waals surface area contributed by atoms with Crippen molar-refractivity contribution >= 4 is 17.3 Å². The van der Waals surface area contributed by atoms with Gasteiger partial charge in [0.15, 0.2) is 11.5 Å². The maximum Gasteiger partial charge on any atom is 0.180 e. The van der Waals surface area contributed by atoms with Crippen LogP contribution in [-0.2, 0) is 0 Å². The van der Waals surface area contributed by atoms with Crippen LogP contribution < -0.4 is 10.6 Å². The molecule has 1 fully saturated rings. The summed E-state index contributed by atoms with van der Waals surface area (Å²) in [5.41, 5.74) is 0.899. The molecule has 1 saturated carbocycles. The van der Waals surface area contributed by atoms with Crippen LogP contribution >= 0.6 is 0 Å². The molecule has 2 unspecified atom stereocenters. The molecule has 3 rings (SSSR count). The van der Waals surface area contributed by atoms with E-state index >= 15 is 0 Å². The van der Waals surface area contributed by atoms with E-state index in [1.54, 1.807) is 0 Å². The van der Waals surface area contributed by atoms with E-state index < -0.39 is 0 Å². The zero-order chi connectivity index (χ0) is 12.5. The SMILES string of the molecule is CCCNc1cn2ccnc2c(NC2CC2C)n1. The van der Waals surface area contributed by atoms with Crippen LogP contribution in [0.5, 0.6) is 0 Å². The molecule has 96 valence electrons. The highest BCUT2D eigenvalue weighted by atomic mass is 15.2. The topological polar surface area (TPSA) is 54.2 Å². The normalized spacial score (nSPS) is 22.1. The molecular formula is C13H19N5. The molecule has 2 atom stereocenters. The van der Waals surface area contributed by atoms with Crippen LogP contribution in [0.1, 0.15) is 26.7 Å². The van der Waals surface area contributed by atoms with Gasteiger partial charge in [0.1, 0.15) is 5.82 Å². The van der Waals surface area contributed by atoms with Gasteiger partial charge in [-0.1, -0.05) is 13.8 Å². The Balaban J connectivity index is 1.90. The Hall–Kier alpha value is -1.78. The molecule has 18 heavy (non-hydrogen) atoms. The molecule has 0 spiro atoms. The third-order valence-corrected chi connectivity index (χ3v) is 3.36. The second-order valence-electron chi connectivity index (χ2n) is 5.02. The number of fused-ring (bicyclic) bond motifs is 1. The molecule has 1 aliphatic rings. The van der Waals surface area contributed by atoms with E-state index in [4.69, 9.17) is 0 Å². The number of aromatic nitrogens is 3. The smallest absolute Gasteiger partial charge is 0.180 e. The lowest BCUT2D eigenvalue weighted by molar-refractivity contribution is 0.918. The summed E-state index contributed by atoms with van der Waals surface area (Å²) in [6.07, 6.45) is 8.06. The van der Waals surface area contributed by atoms with Crippen molar-refractivity contribution in [2.75, 3.05) is 17.2 Å². The minimum Gasteiger partial charge on any atom is -0.369 e. The summed E-state index contributed by atoms with van der Waals surface area (Å²) in [5.74, 6) is 2.53. The lowest BCUT2D eigenvalue weighted by Crippen LogP contribution is -2.10. The number of hydrogen-bond donors (Lipinski definition) is 2. The minimum absolute atomic E-state index is 0.555. The maximum atomic E-state index is 4.62. The van der Waals surface area contributed by atoms with E-state index in [9.17, 15) is 0 Å². The Labute approximate surface area is 107 Å². The molecule has 5 heteroatoms. The summed E-state index contributed by atoms with van der Waals surface area (Å²) in [6.45, 7) is 5.33. The highest BCUT2D eigenvalue weighted by molar-refractivity contribution is 5.66. The Bertz CT molecular complexity index is 547. The molecule has 0 radical (unpaired) electrons. The Morgan fingerprint density at radius 1 is 1.50 bits per heavy atom. The second kappa shape index (κ2) is 4.48. The molecule has 1 aliphatic carbocycles. The Kier molecular flexibility index (Phi) is 2.81. The monoisotopic (exact) mass is 245 g/mol. The minimum atomic E-state index is 0.555. The molecule has 2 heterocycles. The van der Waals surface area contributed by atoms with Crippen molar-refractivity contribution in [3.05, 3.63) is 18.6 Å². The summed E-state index contributed by atoms with van der Waals surface area (Å²) in [7, 11) is 0. The first-order valence-corrected chi connectivity index (χ1v) is 6.62. The summed E-state index contributed by atoms with van der Waals surface area (Å²) >= 11 is 0. The lowest BCUT2D eigenvalue weighted by Gasteiger charge is -2.10.